The molecule has 0 aliphatic rings. The van der Waals surface area contributed by atoms with Gasteiger partial charge in [-0.1, -0.05) is 29.8 Å². The number of nitrogens with two attached hydrogens (primary N) is 1. The van der Waals surface area contributed by atoms with E-state index in [1.165, 1.54) is 12.1 Å². The van der Waals surface area contributed by atoms with Crippen LogP contribution in [0.15, 0.2) is 47.4 Å². The number of benzene rings is 2. The summed E-state index contributed by atoms with van der Waals surface area (Å²) in [6.45, 7) is 1.46. The Hall–Kier alpha value is -1.60. The summed E-state index contributed by atoms with van der Waals surface area (Å²) in [7, 11) is -2.05. The summed E-state index contributed by atoms with van der Waals surface area (Å²) in [6, 6.07) is 12.2. The van der Waals surface area contributed by atoms with Gasteiger partial charge in [0.2, 0.25) is 10.0 Å². The van der Waals surface area contributed by atoms with Crippen LogP contribution in [0.1, 0.15) is 11.1 Å². The molecule has 2 aromatic rings. The maximum absolute atomic E-state index is 11.2. The van der Waals surface area contributed by atoms with E-state index >= 15 is 0 Å². The fourth-order valence-electron chi connectivity index (χ4n) is 2.13. The van der Waals surface area contributed by atoms with Crippen LogP contribution in [0.3, 0.4) is 0 Å². The topological polar surface area (TPSA) is 81.4 Å². The standard InChI is InChI=1S/C16H19ClN2O3S/c1-22-16-7-4-13(10-15(16)17)11-19-9-8-12-2-5-14(6-3-12)23(18,20)21/h2-7,10,19H,8-9,11H2,1H3,(H2,18,20,21). The van der Waals surface area contributed by atoms with Crippen LogP contribution in [-0.2, 0) is 23.0 Å². The summed E-state index contributed by atoms with van der Waals surface area (Å²) in [6.07, 6.45) is 0.786. The highest BCUT2D eigenvalue weighted by Gasteiger charge is 2.06. The molecule has 0 saturated carbocycles. The Bertz CT molecular complexity index is 761. The van der Waals surface area contributed by atoms with Crippen molar-refractivity contribution >= 4 is 21.6 Å². The third kappa shape index (κ3) is 5.21. The van der Waals surface area contributed by atoms with Crippen molar-refractivity contribution < 1.29 is 13.2 Å². The average Bonchev–Trinajstić information content (AvgIpc) is 2.51. The number of hydrogen-bond acceptors (Lipinski definition) is 4. The zero-order valence-corrected chi connectivity index (χ0v) is 14.3. The first-order chi connectivity index (χ1) is 10.9. The van der Waals surface area contributed by atoms with Crippen molar-refractivity contribution in [2.24, 2.45) is 5.14 Å². The minimum absolute atomic E-state index is 0.127. The zero-order chi connectivity index (χ0) is 16.9. The first kappa shape index (κ1) is 17.7. The minimum atomic E-state index is -3.63. The van der Waals surface area contributed by atoms with Crippen LogP contribution in [0, 0.1) is 0 Å². The Balaban J connectivity index is 1.82. The molecule has 0 unspecified atom stereocenters. The van der Waals surface area contributed by atoms with Gasteiger partial charge < -0.3 is 10.1 Å². The second-order valence-corrected chi connectivity index (χ2v) is 7.05. The maximum atomic E-state index is 11.2. The van der Waals surface area contributed by atoms with Crippen LogP contribution in [-0.4, -0.2) is 22.1 Å². The van der Waals surface area contributed by atoms with Crippen LogP contribution >= 0.6 is 11.6 Å². The molecule has 0 aliphatic heterocycles. The van der Waals surface area contributed by atoms with Gasteiger partial charge in [0.15, 0.2) is 0 Å². The highest BCUT2D eigenvalue weighted by atomic mass is 35.5. The summed E-state index contributed by atoms with van der Waals surface area (Å²) in [5, 5.41) is 8.97. The van der Waals surface area contributed by atoms with Crippen LogP contribution in [0.5, 0.6) is 5.75 Å². The van der Waals surface area contributed by atoms with Crippen molar-refractivity contribution in [1.29, 1.82) is 0 Å². The summed E-state index contributed by atoms with van der Waals surface area (Å²) < 4.78 is 27.5. The largest absolute Gasteiger partial charge is 0.495 e. The van der Waals surface area contributed by atoms with Gasteiger partial charge in [-0.15, -0.1) is 0 Å². The quantitative estimate of drug-likeness (QED) is 0.748. The normalized spacial score (nSPS) is 11.4. The molecule has 2 rings (SSSR count). The first-order valence-electron chi connectivity index (χ1n) is 7.05. The van der Waals surface area contributed by atoms with Gasteiger partial charge in [0, 0.05) is 6.54 Å². The lowest BCUT2D eigenvalue weighted by Crippen LogP contribution is -2.17. The molecule has 23 heavy (non-hydrogen) atoms. The lowest BCUT2D eigenvalue weighted by Gasteiger charge is -2.08. The minimum Gasteiger partial charge on any atom is -0.495 e. The fraction of sp³-hybridized carbons (Fsp3) is 0.250. The molecule has 124 valence electrons. The maximum Gasteiger partial charge on any atom is 0.238 e. The highest BCUT2D eigenvalue weighted by Crippen LogP contribution is 2.24. The number of sulfonamides is 1. The number of primary sulfonamides is 1. The van der Waals surface area contributed by atoms with E-state index in [2.05, 4.69) is 5.32 Å². The molecule has 0 aromatic heterocycles. The van der Waals surface area contributed by atoms with E-state index in [0.29, 0.717) is 17.3 Å². The molecular weight excluding hydrogens is 336 g/mol. The van der Waals surface area contributed by atoms with Gasteiger partial charge in [-0.3, -0.25) is 0 Å². The van der Waals surface area contributed by atoms with Crippen LogP contribution in [0.2, 0.25) is 5.02 Å². The molecule has 2 aromatic carbocycles. The number of hydrogen-bond donors (Lipinski definition) is 2. The SMILES string of the molecule is COc1ccc(CNCCc2ccc(S(N)(=O)=O)cc2)cc1Cl. The molecule has 0 radical (unpaired) electrons. The fourth-order valence-corrected chi connectivity index (χ4v) is 2.93. The number of ether oxygens (including phenoxy) is 1. The van der Waals surface area contributed by atoms with Crippen molar-refractivity contribution in [1.82, 2.24) is 5.32 Å². The molecular formula is C16H19ClN2O3S. The number of rotatable bonds is 7. The Kier molecular flexibility index (Phi) is 6.01. The van der Waals surface area contributed by atoms with Gasteiger partial charge in [-0.2, -0.15) is 0 Å². The number of nitrogens with one attached hydrogen (secondary N) is 1. The molecule has 0 atom stereocenters. The van der Waals surface area contributed by atoms with E-state index in [1.807, 2.05) is 18.2 Å². The van der Waals surface area contributed by atoms with Crippen LogP contribution < -0.4 is 15.2 Å². The van der Waals surface area contributed by atoms with Crippen LogP contribution in [0.4, 0.5) is 0 Å². The number of methoxy groups -OCH3 is 1. The Morgan fingerprint density at radius 3 is 2.35 bits per heavy atom. The third-order valence-electron chi connectivity index (χ3n) is 3.39. The number of halogens is 1. The molecule has 0 heterocycles. The Labute approximate surface area is 141 Å². The average molecular weight is 355 g/mol. The van der Waals surface area contributed by atoms with Gasteiger partial charge >= 0.3 is 0 Å². The van der Waals surface area contributed by atoms with E-state index < -0.39 is 10.0 Å². The Morgan fingerprint density at radius 1 is 1.13 bits per heavy atom. The van der Waals surface area contributed by atoms with E-state index in [-0.39, 0.29) is 4.90 Å². The molecule has 0 spiro atoms. The van der Waals surface area contributed by atoms with Crippen molar-refractivity contribution in [3.05, 3.63) is 58.6 Å². The van der Waals surface area contributed by atoms with Crippen molar-refractivity contribution in [2.75, 3.05) is 13.7 Å². The van der Waals surface area contributed by atoms with Crippen molar-refractivity contribution in [3.63, 3.8) is 0 Å². The van der Waals surface area contributed by atoms with Crippen LogP contribution in [0.25, 0.3) is 0 Å². The van der Waals surface area contributed by atoms with Crippen molar-refractivity contribution in [2.45, 2.75) is 17.9 Å². The predicted molar refractivity (Wildman–Crippen MR) is 91.2 cm³/mol. The Morgan fingerprint density at radius 2 is 1.78 bits per heavy atom. The molecule has 5 nitrogen and oxygen atoms in total. The predicted octanol–water partition coefficient (Wildman–Crippen LogP) is 2.33. The lowest BCUT2D eigenvalue weighted by atomic mass is 10.1. The summed E-state index contributed by atoms with van der Waals surface area (Å²) in [5.41, 5.74) is 2.11. The summed E-state index contributed by atoms with van der Waals surface area (Å²) in [5.74, 6) is 0.658. The highest BCUT2D eigenvalue weighted by molar-refractivity contribution is 7.89. The smallest absolute Gasteiger partial charge is 0.238 e. The van der Waals surface area contributed by atoms with E-state index in [0.717, 1.165) is 24.1 Å². The summed E-state index contributed by atoms with van der Waals surface area (Å²) >= 11 is 6.08. The van der Waals surface area contributed by atoms with E-state index in [1.54, 1.807) is 19.2 Å². The molecule has 0 fully saturated rings. The van der Waals surface area contributed by atoms with Gasteiger partial charge in [0.1, 0.15) is 5.75 Å². The molecule has 7 heteroatoms. The molecule has 0 saturated heterocycles. The molecule has 0 bridgehead atoms. The molecule has 0 amide bonds. The van der Waals surface area contributed by atoms with E-state index in [4.69, 9.17) is 21.5 Å². The van der Waals surface area contributed by atoms with Gasteiger partial charge in [-0.25, -0.2) is 13.6 Å². The third-order valence-corrected chi connectivity index (χ3v) is 4.61. The molecule has 0 aliphatic carbocycles. The lowest BCUT2D eigenvalue weighted by molar-refractivity contribution is 0.415. The monoisotopic (exact) mass is 354 g/mol. The van der Waals surface area contributed by atoms with Gasteiger partial charge in [0.05, 0.1) is 17.0 Å². The molecule has 3 N–H and O–H groups in total. The van der Waals surface area contributed by atoms with Gasteiger partial charge in [0.25, 0.3) is 0 Å². The second kappa shape index (κ2) is 7.79. The van der Waals surface area contributed by atoms with Gasteiger partial charge in [-0.05, 0) is 48.4 Å². The van der Waals surface area contributed by atoms with Crippen molar-refractivity contribution in [3.8, 4) is 5.75 Å². The van der Waals surface area contributed by atoms with E-state index in [9.17, 15) is 8.42 Å². The summed E-state index contributed by atoms with van der Waals surface area (Å²) in [4.78, 5) is 0.127. The zero-order valence-electron chi connectivity index (χ0n) is 12.8. The first-order valence-corrected chi connectivity index (χ1v) is 8.97. The second-order valence-electron chi connectivity index (χ2n) is 5.08.